The summed E-state index contributed by atoms with van der Waals surface area (Å²) in [5, 5.41) is 8.17. The van der Waals surface area contributed by atoms with E-state index in [0.717, 1.165) is 80.3 Å². The van der Waals surface area contributed by atoms with Crippen LogP contribution >= 0.6 is 0 Å². The van der Waals surface area contributed by atoms with Crippen molar-refractivity contribution in [1.82, 2.24) is 24.5 Å². The van der Waals surface area contributed by atoms with Crippen LogP contribution in [0.1, 0.15) is 56.6 Å². The molecule has 5 rings (SSSR count). The lowest BCUT2D eigenvalue weighted by molar-refractivity contribution is 0.113. The monoisotopic (exact) mass is 478 g/mol. The molecular formula is C26H38N8O. The Balaban J connectivity index is 1.39. The van der Waals surface area contributed by atoms with Crippen LogP contribution in [0.2, 0.25) is 0 Å². The van der Waals surface area contributed by atoms with E-state index in [1.165, 1.54) is 0 Å². The SMILES string of the molecule is CC(C)c1cnn2c(NCc3ccccc3OC3CCN(C)CC3)nc(N3CCC(N)CC3)nc12. The molecule has 0 spiro atoms. The molecule has 0 saturated carbocycles. The van der Waals surface area contributed by atoms with Crippen LogP contribution in [0.3, 0.4) is 0 Å². The predicted molar refractivity (Wildman–Crippen MR) is 139 cm³/mol. The molecule has 3 N–H and O–H groups in total. The van der Waals surface area contributed by atoms with E-state index in [-0.39, 0.29) is 12.1 Å². The number of likely N-dealkylation sites (tertiary alicyclic amines) is 1. The van der Waals surface area contributed by atoms with Gasteiger partial charge in [-0.3, -0.25) is 0 Å². The predicted octanol–water partition coefficient (Wildman–Crippen LogP) is 3.26. The molecule has 4 heterocycles. The Bertz CT molecular complexity index is 1130. The van der Waals surface area contributed by atoms with Gasteiger partial charge in [-0.1, -0.05) is 32.0 Å². The molecule has 2 aliphatic heterocycles. The molecule has 0 aliphatic carbocycles. The zero-order valence-corrected chi connectivity index (χ0v) is 21.2. The fourth-order valence-electron chi connectivity index (χ4n) is 4.87. The zero-order valence-electron chi connectivity index (χ0n) is 21.2. The molecule has 2 aliphatic rings. The average molecular weight is 479 g/mol. The second kappa shape index (κ2) is 10.4. The Labute approximate surface area is 207 Å². The third-order valence-corrected chi connectivity index (χ3v) is 7.20. The number of nitrogens with one attached hydrogen (secondary N) is 1. The number of nitrogens with two attached hydrogens (primary N) is 1. The van der Waals surface area contributed by atoms with Gasteiger partial charge in [-0.2, -0.15) is 19.6 Å². The number of para-hydroxylation sites is 1. The van der Waals surface area contributed by atoms with E-state index >= 15 is 0 Å². The van der Waals surface area contributed by atoms with Crippen LogP contribution in [0.5, 0.6) is 5.75 Å². The van der Waals surface area contributed by atoms with E-state index in [1.807, 2.05) is 16.8 Å². The number of piperidine rings is 2. The van der Waals surface area contributed by atoms with Crippen molar-refractivity contribution in [2.45, 2.75) is 64.1 Å². The number of aromatic nitrogens is 4. The van der Waals surface area contributed by atoms with Crippen LogP contribution < -0.4 is 20.7 Å². The highest BCUT2D eigenvalue weighted by molar-refractivity contribution is 5.56. The Morgan fingerprint density at radius 3 is 2.54 bits per heavy atom. The highest BCUT2D eigenvalue weighted by Gasteiger charge is 2.23. The first-order valence-corrected chi connectivity index (χ1v) is 12.9. The van der Waals surface area contributed by atoms with Crippen LogP contribution in [0.4, 0.5) is 11.9 Å². The van der Waals surface area contributed by atoms with E-state index in [4.69, 9.17) is 20.4 Å². The van der Waals surface area contributed by atoms with Gasteiger partial charge in [0.1, 0.15) is 11.9 Å². The standard InChI is InChI=1S/C26H38N8O/c1-18(2)22-17-29-34-24(22)30-26(33-14-8-20(27)9-15-33)31-25(34)28-16-19-6-4-5-7-23(19)35-21-10-12-32(3)13-11-21/h4-7,17-18,20-21H,8-16,27H2,1-3H3,(H,28,30,31). The maximum Gasteiger partial charge on any atom is 0.230 e. The molecule has 0 unspecified atom stereocenters. The number of nitrogens with zero attached hydrogens (tertiary/aromatic N) is 6. The number of anilines is 2. The highest BCUT2D eigenvalue weighted by atomic mass is 16.5. The molecule has 2 aromatic heterocycles. The Morgan fingerprint density at radius 2 is 1.80 bits per heavy atom. The van der Waals surface area contributed by atoms with Crippen molar-refractivity contribution in [2.24, 2.45) is 5.73 Å². The molecule has 0 radical (unpaired) electrons. The first kappa shape index (κ1) is 23.8. The van der Waals surface area contributed by atoms with Crippen LogP contribution in [0.25, 0.3) is 5.65 Å². The van der Waals surface area contributed by atoms with Crippen LogP contribution in [0.15, 0.2) is 30.5 Å². The molecule has 35 heavy (non-hydrogen) atoms. The summed E-state index contributed by atoms with van der Waals surface area (Å²) >= 11 is 0. The number of hydrogen-bond acceptors (Lipinski definition) is 8. The number of fused-ring (bicyclic) bond motifs is 1. The number of ether oxygens (including phenoxy) is 1. The molecule has 188 valence electrons. The Kier molecular flexibility index (Phi) is 7.06. The van der Waals surface area contributed by atoms with Gasteiger partial charge in [0, 0.05) is 49.9 Å². The minimum Gasteiger partial charge on any atom is -0.490 e. The third-order valence-electron chi connectivity index (χ3n) is 7.20. The second-order valence-electron chi connectivity index (χ2n) is 10.2. The summed E-state index contributed by atoms with van der Waals surface area (Å²) in [5.41, 5.74) is 9.23. The van der Waals surface area contributed by atoms with E-state index in [9.17, 15) is 0 Å². The summed E-state index contributed by atoms with van der Waals surface area (Å²) in [6.45, 7) is 8.82. The molecule has 0 amide bonds. The summed E-state index contributed by atoms with van der Waals surface area (Å²) in [6, 6.07) is 8.54. The van der Waals surface area contributed by atoms with Gasteiger partial charge in [0.15, 0.2) is 5.65 Å². The molecule has 2 saturated heterocycles. The summed E-state index contributed by atoms with van der Waals surface area (Å²) in [5.74, 6) is 2.70. The number of benzene rings is 1. The number of rotatable bonds is 7. The van der Waals surface area contributed by atoms with E-state index in [2.05, 4.69) is 59.3 Å². The molecule has 0 atom stereocenters. The summed E-state index contributed by atoms with van der Waals surface area (Å²) in [4.78, 5) is 14.4. The lowest BCUT2D eigenvalue weighted by atomic mass is 10.1. The quantitative estimate of drug-likeness (QED) is 0.534. The molecule has 1 aromatic carbocycles. The first-order valence-electron chi connectivity index (χ1n) is 12.9. The van der Waals surface area contributed by atoms with Gasteiger partial charge in [0.2, 0.25) is 11.9 Å². The van der Waals surface area contributed by atoms with Crippen molar-refractivity contribution in [3.63, 3.8) is 0 Å². The van der Waals surface area contributed by atoms with Gasteiger partial charge >= 0.3 is 0 Å². The van der Waals surface area contributed by atoms with Crippen LogP contribution in [-0.2, 0) is 6.54 Å². The second-order valence-corrected chi connectivity index (χ2v) is 10.2. The van der Waals surface area contributed by atoms with Crippen molar-refractivity contribution < 1.29 is 4.74 Å². The smallest absolute Gasteiger partial charge is 0.230 e. The van der Waals surface area contributed by atoms with Crippen LogP contribution in [0, 0.1) is 0 Å². The van der Waals surface area contributed by atoms with Crippen molar-refractivity contribution in [2.75, 3.05) is 43.4 Å². The van der Waals surface area contributed by atoms with Gasteiger partial charge in [-0.05, 0) is 44.7 Å². The lowest BCUT2D eigenvalue weighted by Gasteiger charge is -2.30. The van der Waals surface area contributed by atoms with Gasteiger partial charge < -0.3 is 25.6 Å². The minimum absolute atomic E-state index is 0.259. The van der Waals surface area contributed by atoms with Crippen molar-refractivity contribution in [1.29, 1.82) is 0 Å². The van der Waals surface area contributed by atoms with Gasteiger partial charge in [-0.25, -0.2) is 0 Å². The average Bonchev–Trinajstić information content (AvgIpc) is 3.30. The maximum atomic E-state index is 6.43. The molecule has 9 nitrogen and oxygen atoms in total. The largest absolute Gasteiger partial charge is 0.490 e. The minimum atomic E-state index is 0.259. The summed E-state index contributed by atoms with van der Waals surface area (Å²) in [7, 11) is 2.17. The fraction of sp³-hybridized carbons (Fsp3) is 0.577. The Hall–Kier alpha value is -2.91. The van der Waals surface area contributed by atoms with E-state index in [1.54, 1.807) is 0 Å². The number of hydrogen-bond donors (Lipinski definition) is 2. The van der Waals surface area contributed by atoms with Gasteiger partial charge in [0.05, 0.1) is 6.20 Å². The van der Waals surface area contributed by atoms with Crippen molar-refractivity contribution in [3.8, 4) is 5.75 Å². The third kappa shape index (κ3) is 5.36. The summed E-state index contributed by atoms with van der Waals surface area (Å²) in [6.07, 6.45) is 6.19. The molecule has 3 aromatic rings. The Morgan fingerprint density at radius 1 is 1.06 bits per heavy atom. The molecule has 0 bridgehead atoms. The van der Waals surface area contributed by atoms with Crippen molar-refractivity contribution in [3.05, 3.63) is 41.6 Å². The normalized spacial score (nSPS) is 18.5. The zero-order chi connectivity index (χ0) is 24.4. The molecule has 9 heteroatoms. The molecular weight excluding hydrogens is 440 g/mol. The van der Waals surface area contributed by atoms with E-state index < -0.39 is 0 Å². The van der Waals surface area contributed by atoms with Gasteiger partial charge in [0.25, 0.3) is 0 Å². The topological polar surface area (TPSA) is 96.8 Å². The van der Waals surface area contributed by atoms with Crippen LogP contribution in [-0.4, -0.2) is 69.9 Å². The van der Waals surface area contributed by atoms with Crippen molar-refractivity contribution >= 4 is 17.5 Å². The fourth-order valence-corrected chi connectivity index (χ4v) is 4.87. The van der Waals surface area contributed by atoms with E-state index in [0.29, 0.717) is 18.4 Å². The first-order chi connectivity index (χ1) is 17.0. The summed E-state index contributed by atoms with van der Waals surface area (Å²) < 4.78 is 8.26. The maximum absolute atomic E-state index is 6.43. The van der Waals surface area contributed by atoms with Gasteiger partial charge in [-0.15, -0.1) is 0 Å². The lowest BCUT2D eigenvalue weighted by Crippen LogP contribution is -2.40. The highest BCUT2D eigenvalue weighted by Crippen LogP contribution is 2.27. The molecule has 2 fully saturated rings.